The Labute approximate surface area is 143 Å². The van der Waals surface area contributed by atoms with Crippen molar-refractivity contribution in [3.05, 3.63) is 64.5 Å². The highest BCUT2D eigenvalue weighted by atomic mass is 19.1. The molecule has 0 atom stereocenters. The number of hydrogen-bond acceptors (Lipinski definition) is 5. The molecule has 0 radical (unpaired) electrons. The maximum Gasteiger partial charge on any atom is 0.310 e. The summed E-state index contributed by atoms with van der Waals surface area (Å²) in [5.74, 6) is -0.164. The zero-order valence-electron chi connectivity index (χ0n) is 13.6. The minimum atomic E-state index is -0.569. The van der Waals surface area contributed by atoms with Gasteiger partial charge in [0.05, 0.1) is 11.5 Å². The normalized spacial score (nSPS) is 10.2. The molecule has 8 heteroatoms. The molecule has 0 saturated carbocycles. The molecule has 7 nitrogen and oxygen atoms in total. The topological polar surface area (TPSA) is 81.9 Å². The first kappa shape index (κ1) is 18.2. The molecule has 0 aliphatic carbocycles. The number of benzene rings is 2. The predicted molar refractivity (Wildman–Crippen MR) is 88.1 cm³/mol. The van der Waals surface area contributed by atoms with Crippen molar-refractivity contribution < 1.29 is 23.6 Å². The number of likely N-dealkylation sites (N-methyl/N-ethyl adjacent to an activating group) is 1. The Morgan fingerprint density at radius 2 is 1.84 bits per heavy atom. The number of carbonyl (C=O) groups is 1. The van der Waals surface area contributed by atoms with E-state index in [1.54, 1.807) is 13.1 Å². The summed E-state index contributed by atoms with van der Waals surface area (Å²) in [4.78, 5) is 23.7. The van der Waals surface area contributed by atoms with Crippen LogP contribution in [0.1, 0.15) is 0 Å². The molecule has 2 aromatic carbocycles. The summed E-state index contributed by atoms with van der Waals surface area (Å²) < 4.78 is 23.4. The standard InChI is InChI=1S/C17H17FN2O5/c1-19(10-11-24-14-8-6-13(18)7-9-14)17(21)12-25-16-5-3-2-4-15(16)20(22)23/h2-9H,10-12H2,1H3. The van der Waals surface area contributed by atoms with Crippen molar-refractivity contribution in [3.63, 3.8) is 0 Å². The van der Waals surface area contributed by atoms with E-state index in [1.165, 1.54) is 47.4 Å². The first-order valence-corrected chi connectivity index (χ1v) is 7.46. The summed E-state index contributed by atoms with van der Waals surface area (Å²) in [6.45, 7) is 0.188. The Morgan fingerprint density at radius 1 is 1.16 bits per heavy atom. The number of rotatable bonds is 8. The third-order valence-electron chi connectivity index (χ3n) is 3.35. The number of nitro benzene ring substituents is 1. The predicted octanol–water partition coefficient (Wildman–Crippen LogP) is 2.65. The second-order valence-corrected chi connectivity index (χ2v) is 5.13. The molecule has 2 aromatic rings. The van der Waals surface area contributed by atoms with Crippen LogP contribution in [0.3, 0.4) is 0 Å². The fraction of sp³-hybridized carbons (Fsp3) is 0.235. The average Bonchev–Trinajstić information content (AvgIpc) is 2.61. The highest BCUT2D eigenvalue weighted by Crippen LogP contribution is 2.25. The van der Waals surface area contributed by atoms with Gasteiger partial charge >= 0.3 is 5.69 Å². The number of hydrogen-bond donors (Lipinski definition) is 0. The number of amides is 1. The Morgan fingerprint density at radius 3 is 2.52 bits per heavy atom. The molecule has 0 heterocycles. The van der Waals surface area contributed by atoms with Crippen LogP contribution in [0.4, 0.5) is 10.1 Å². The molecule has 0 aromatic heterocycles. The smallest absolute Gasteiger partial charge is 0.310 e. The quantitative estimate of drug-likeness (QED) is 0.541. The largest absolute Gasteiger partial charge is 0.492 e. The van der Waals surface area contributed by atoms with E-state index in [4.69, 9.17) is 9.47 Å². The highest BCUT2D eigenvalue weighted by Gasteiger charge is 2.16. The molecule has 25 heavy (non-hydrogen) atoms. The molecule has 132 valence electrons. The van der Waals surface area contributed by atoms with Gasteiger partial charge in [0.2, 0.25) is 0 Å². The molecule has 0 spiro atoms. The van der Waals surface area contributed by atoms with Gasteiger partial charge in [-0.05, 0) is 30.3 Å². The minimum absolute atomic E-state index is 0.0387. The van der Waals surface area contributed by atoms with Crippen LogP contribution in [0.2, 0.25) is 0 Å². The molecule has 0 bridgehead atoms. The first-order valence-electron chi connectivity index (χ1n) is 7.46. The number of para-hydroxylation sites is 2. The first-order chi connectivity index (χ1) is 12.0. The number of ether oxygens (including phenoxy) is 2. The van der Waals surface area contributed by atoms with E-state index in [0.717, 1.165) is 0 Å². The summed E-state index contributed by atoms with van der Waals surface area (Å²) in [5, 5.41) is 10.9. The summed E-state index contributed by atoms with van der Waals surface area (Å²) >= 11 is 0. The Balaban J connectivity index is 1.78. The molecular weight excluding hydrogens is 331 g/mol. The minimum Gasteiger partial charge on any atom is -0.492 e. The van der Waals surface area contributed by atoms with Gasteiger partial charge in [-0.25, -0.2) is 4.39 Å². The van der Waals surface area contributed by atoms with Gasteiger partial charge in [0, 0.05) is 13.1 Å². The van der Waals surface area contributed by atoms with Crippen molar-refractivity contribution in [1.82, 2.24) is 4.90 Å². The van der Waals surface area contributed by atoms with Crippen molar-refractivity contribution in [2.24, 2.45) is 0 Å². The molecule has 0 aliphatic heterocycles. The molecule has 0 aliphatic rings. The van der Waals surface area contributed by atoms with E-state index in [9.17, 15) is 19.3 Å². The molecule has 0 saturated heterocycles. The van der Waals surface area contributed by atoms with Crippen LogP contribution >= 0.6 is 0 Å². The summed E-state index contributed by atoms with van der Waals surface area (Å²) in [6.07, 6.45) is 0. The second kappa shape index (κ2) is 8.62. The Hall–Kier alpha value is -3.16. The highest BCUT2D eigenvalue weighted by molar-refractivity contribution is 5.77. The van der Waals surface area contributed by atoms with Crippen LogP contribution in [-0.4, -0.2) is 42.5 Å². The van der Waals surface area contributed by atoms with Gasteiger partial charge < -0.3 is 14.4 Å². The third kappa shape index (κ3) is 5.45. The molecule has 2 rings (SSSR count). The number of carbonyl (C=O) groups excluding carboxylic acids is 1. The second-order valence-electron chi connectivity index (χ2n) is 5.13. The number of nitrogens with zero attached hydrogens (tertiary/aromatic N) is 2. The molecule has 0 N–H and O–H groups in total. The van der Waals surface area contributed by atoms with E-state index in [1.807, 2.05) is 0 Å². The van der Waals surface area contributed by atoms with Gasteiger partial charge in [0.1, 0.15) is 18.2 Å². The van der Waals surface area contributed by atoms with E-state index >= 15 is 0 Å². The zero-order valence-corrected chi connectivity index (χ0v) is 13.6. The lowest BCUT2D eigenvalue weighted by Crippen LogP contribution is -2.34. The maximum absolute atomic E-state index is 12.8. The third-order valence-corrected chi connectivity index (χ3v) is 3.35. The molecular formula is C17H17FN2O5. The van der Waals surface area contributed by atoms with Gasteiger partial charge in [-0.1, -0.05) is 12.1 Å². The van der Waals surface area contributed by atoms with Crippen molar-refractivity contribution >= 4 is 11.6 Å². The van der Waals surface area contributed by atoms with Crippen molar-refractivity contribution in [2.75, 3.05) is 26.8 Å². The average molecular weight is 348 g/mol. The lowest BCUT2D eigenvalue weighted by Gasteiger charge is -2.17. The van der Waals surface area contributed by atoms with E-state index in [-0.39, 0.29) is 42.9 Å². The van der Waals surface area contributed by atoms with Crippen LogP contribution in [0, 0.1) is 15.9 Å². The lowest BCUT2D eigenvalue weighted by molar-refractivity contribution is -0.385. The van der Waals surface area contributed by atoms with Gasteiger partial charge in [0.25, 0.3) is 5.91 Å². The van der Waals surface area contributed by atoms with Crippen molar-refractivity contribution in [1.29, 1.82) is 0 Å². The summed E-state index contributed by atoms with van der Waals surface area (Å²) in [5.41, 5.74) is -0.197. The fourth-order valence-corrected chi connectivity index (χ4v) is 1.94. The van der Waals surface area contributed by atoms with Crippen LogP contribution in [0.5, 0.6) is 11.5 Å². The van der Waals surface area contributed by atoms with Crippen molar-refractivity contribution in [2.45, 2.75) is 0 Å². The number of halogens is 1. The van der Waals surface area contributed by atoms with Crippen LogP contribution in [0.25, 0.3) is 0 Å². The van der Waals surface area contributed by atoms with Gasteiger partial charge in [-0.2, -0.15) is 0 Å². The summed E-state index contributed by atoms with van der Waals surface area (Å²) in [6, 6.07) is 11.4. The Kier molecular flexibility index (Phi) is 6.27. The SMILES string of the molecule is CN(CCOc1ccc(F)cc1)C(=O)COc1ccccc1[N+](=O)[O-]. The van der Waals surface area contributed by atoms with Crippen LogP contribution in [0.15, 0.2) is 48.5 Å². The van der Waals surface area contributed by atoms with Gasteiger partial charge in [-0.15, -0.1) is 0 Å². The van der Waals surface area contributed by atoms with Crippen LogP contribution < -0.4 is 9.47 Å². The lowest BCUT2D eigenvalue weighted by atomic mass is 10.3. The van der Waals surface area contributed by atoms with E-state index < -0.39 is 4.92 Å². The van der Waals surface area contributed by atoms with Gasteiger partial charge in [-0.3, -0.25) is 14.9 Å². The zero-order chi connectivity index (χ0) is 18.2. The summed E-state index contributed by atoms with van der Waals surface area (Å²) in [7, 11) is 1.57. The van der Waals surface area contributed by atoms with Crippen molar-refractivity contribution in [3.8, 4) is 11.5 Å². The molecule has 1 amide bonds. The molecule has 0 fully saturated rings. The van der Waals surface area contributed by atoms with E-state index in [0.29, 0.717) is 5.75 Å². The molecule has 0 unspecified atom stereocenters. The maximum atomic E-state index is 12.8. The fourth-order valence-electron chi connectivity index (χ4n) is 1.94. The monoisotopic (exact) mass is 348 g/mol. The van der Waals surface area contributed by atoms with E-state index in [2.05, 4.69) is 0 Å². The van der Waals surface area contributed by atoms with Crippen LogP contribution in [-0.2, 0) is 4.79 Å². The van der Waals surface area contributed by atoms with Gasteiger partial charge in [0.15, 0.2) is 12.4 Å². The Bertz CT molecular complexity index is 736. The number of nitro groups is 1.